The molecule has 2 aromatic rings. The van der Waals surface area contributed by atoms with Crippen molar-refractivity contribution >= 4 is 11.5 Å². The first-order valence-corrected chi connectivity index (χ1v) is 7.94. The van der Waals surface area contributed by atoms with Gasteiger partial charge >= 0.3 is 0 Å². The first kappa shape index (κ1) is 16.0. The van der Waals surface area contributed by atoms with E-state index in [1.165, 1.54) is 0 Å². The van der Waals surface area contributed by atoms with E-state index >= 15 is 0 Å². The molecule has 0 saturated heterocycles. The van der Waals surface area contributed by atoms with Crippen molar-refractivity contribution in [3.05, 3.63) is 108 Å². The highest BCUT2D eigenvalue weighted by atomic mass is 16.5. The van der Waals surface area contributed by atoms with E-state index in [4.69, 9.17) is 9.47 Å². The van der Waals surface area contributed by atoms with Crippen molar-refractivity contribution in [3.8, 4) is 0 Å². The van der Waals surface area contributed by atoms with Crippen LogP contribution in [-0.2, 0) is 9.47 Å². The second kappa shape index (κ2) is 8.14. The molecule has 1 heterocycles. The van der Waals surface area contributed by atoms with Crippen LogP contribution in [0.25, 0.3) is 11.5 Å². The Morgan fingerprint density at radius 3 is 1.88 bits per heavy atom. The van der Waals surface area contributed by atoms with Crippen LogP contribution in [0.2, 0.25) is 0 Å². The van der Waals surface area contributed by atoms with Gasteiger partial charge in [0, 0.05) is 18.2 Å². The molecule has 2 nitrogen and oxygen atoms in total. The monoisotopic (exact) mass is 316 g/mol. The molecule has 1 aliphatic heterocycles. The first-order chi connectivity index (χ1) is 11.9. The molecule has 0 spiro atoms. The van der Waals surface area contributed by atoms with Crippen LogP contribution >= 0.6 is 0 Å². The number of benzene rings is 2. The van der Waals surface area contributed by atoms with Gasteiger partial charge in [0.15, 0.2) is 0 Å². The summed E-state index contributed by atoms with van der Waals surface area (Å²) >= 11 is 0. The van der Waals surface area contributed by atoms with Gasteiger partial charge in [-0.15, -0.1) is 0 Å². The summed E-state index contributed by atoms with van der Waals surface area (Å²) in [5.41, 5.74) is 3.21. The number of allylic oxidation sites excluding steroid dienone is 5. The molecule has 0 N–H and O–H groups in total. The highest BCUT2D eigenvalue weighted by Gasteiger charge is 2.14. The van der Waals surface area contributed by atoms with Gasteiger partial charge < -0.3 is 9.47 Å². The molecule has 0 saturated carbocycles. The van der Waals surface area contributed by atoms with Crippen molar-refractivity contribution in [2.45, 2.75) is 0 Å². The van der Waals surface area contributed by atoms with Crippen LogP contribution in [-0.4, -0.2) is 13.7 Å². The quantitative estimate of drug-likeness (QED) is 0.752. The molecular formula is C22H20O2. The van der Waals surface area contributed by atoms with Gasteiger partial charge in [0.25, 0.3) is 0 Å². The number of rotatable bonds is 5. The third kappa shape index (κ3) is 4.12. The van der Waals surface area contributed by atoms with Crippen molar-refractivity contribution in [2.75, 3.05) is 13.7 Å². The lowest BCUT2D eigenvalue weighted by atomic mass is 10.0. The van der Waals surface area contributed by atoms with Crippen LogP contribution in [0, 0.1) is 0 Å². The Kier molecular flexibility index (Phi) is 5.44. The topological polar surface area (TPSA) is 18.5 Å². The van der Waals surface area contributed by atoms with Gasteiger partial charge in [-0.1, -0.05) is 78.9 Å². The van der Waals surface area contributed by atoms with Crippen molar-refractivity contribution in [1.82, 2.24) is 0 Å². The number of ether oxygens (including phenoxy) is 2. The molecule has 0 fully saturated rings. The molecule has 2 aromatic carbocycles. The Balaban J connectivity index is 1.95. The maximum Gasteiger partial charge on any atom is 0.135 e. The molecule has 120 valence electrons. The predicted molar refractivity (Wildman–Crippen MR) is 99.0 cm³/mol. The summed E-state index contributed by atoms with van der Waals surface area (Å²) in [6.45, 7) is 0.602. The highest BCUT2D eigenvalue weighted by molar-refractivity contribution is 5.77. The lowest BCUT2D eigenvalue weighted by Gasteiger charge is -2.18. The lowest BCUT2D eigenvalue weighted by molar-refractivity contribution is 0.234. The van der Waals surface area contributed by atoms with Gasteiger partial charge in [-0.3, -0.25) is 0 Å². The van der Waals surface area contributed by atoms with E-state index in [0.29, 0.717) is 6.61 Å². The largest absolute Gasteiger partial charge is 0.456 e. The van der Waals surface area contributed by atoms with Crippen molar-refractivity contribution in [2.24, 2.45) is 0 Å². The maximum absolute atomic E-state index is 6.15. The molecule has 0 aromatic heterocycles. The van der Waals surface area contributed by atoms with E-state index in [9.17, 15) is 0 Å². The van der Waals surface area contributed by atoms with E-state index < -0.39 is 0 Å². The highest BCUT2D eigenvalue weighted by Crippen LogP contribution is 2.31. The van der Waals surface area contributed by atoms with Crippen LogP contribution in [0.3, 0.4) is 0 Å². The molecule has 0 bridgehead atoms. The Hall–Kier alpha value is -2.84. The fourth-order valence-corrected chi connectivity index (χ4v) is 2.44. The Bertz CT molecular complexity index is 724. The average Bonchev–Trinajstić information content (AvgIpc) is 2.66. The number of methoxy groups -OCH3 is 1. The predicted octanol–water partition coefficient (Wildman–Crippen LogP) is 5.23. The molecular weight excluding hydrogens is 296 g/mol. The standard InChI is InChI=1S/C22H20O2/c1-23-15-9-8-10-18-16-21(19-11-4-2-5-12-19)24-22(17-18)20-13-6-3-7-14-20/h2-14,16-17H,15H2,1H3/b9-8+. The van der Waals surface area contributed by atoms with Crippen LogP contribution in [0.1, 0.15) is 11.1 Å². The molecule has 0 radical (unpaired) electrons. The average molecular weight is 316 g/mol. The third-order valence-electron chi connectivity index (χ3n) is 3.62. The lowest BCUT2D eigenvalue weighted by Crippen LogP contribution is -1.99. The second-order valence-corrected chi connectivity index (χ2v) is 5.40. The fraction of sp³-hybridized carbons (Fsp3) is 0.0909. The summed E-state index contributed by atoms with van der Waals surface area (Å²) in [4.78, 5) is 0. The van der Waals surface area contributed by atoms with Crippen molar-refractivity contribution < 1.29 is 9.47 Å². The zero-order valence-electron chi connectivity index (χ0n) is 13.7. The van der Waals surface area contributed by atoms with E-state index in [2.05, 4.69) is 42.5 Å². The van der Waals surface area contributed by atoms with E-state index in [1.54, 1.807) is 7.11 Å². The molecule has 2 heteroatoms. The van der Waals surface area contributed by atoms with Gasteiger partial charge in [-0.05, 0) is 17.7 Å². The van der Waals surface area contributed by atoms with Crippen LogP contribution in [0.15, 0.2) is 96.6 Å². The smallest absolute Gasteiger partial charge is 0.135 e. The third-order valence-corrected chi connectivity index (χ3v) is 3.62. The van der Waals surface area contributed by atoms with Gasteiger partial charge in [0.2, 0.25) is 0 Å². The normalized spacial score (nSPS) is 14.1. The van der Waals surface area contributed by atoms with Crippen molar-refractivity contribution in [1.29, 1.82) is 0 Å². The molecule has 0 unspecified atom stereocenters. The van der Waals surface area contributed by atoms with Crippen molar-refractivity contribution in [3.63, 3.8) is 0 Å². The Morgan fingerprint density at radius 1 is 0.833 bits per heavy atom. The summed E-state index contributed by atoms with van der Waals surface area (Å²) in [6.07, 6.45) is 10.2. The summed E-state index contributed by atoms with van der Waals surface area (Å²) < 4.78 is 11.2. The van der Waals surface area contributed by atoms with Gasteiger partial charge in [-0.2, -0.15) is 0 Å². The second-order valence-electron chi connectivity index (χ2n) is 5.40. The van der Waals surface area contributed by atoms with E-state index in [0.717, 1.165) is 28.2 Å². The summed E-state index contributed by atoms with van der Waals surface area (Å²) in [5.74, 6) is 1.70. The molecule has 3 rings (SSSR count). The summed E-state index contributed by atoms with van der Waals surface area (Å²) in [5, 5.41) is 0. The maximum atomic E-state index is 6.15. The van der Waals surface area contributed by atoms with Gasteiger partial charge in [0.1, 0.15) is 11.5 Å². The minimum Gasteiger partial charge on any atom is -0.456 e. The zero-order chi connectivity index (χ0) is 16.6. The minimum absolute atomic E-state index is 0.602. The molecule has 0 aliphatic carbocycles. The fourth-order valence-electron chi connectivity index (χ4n) is 2.44. The first-order valence-electron chi connectivity index (χ1n) is 7.94. The molecule has 0 amide bonds. The van der Waals surface area contributed by atoms with Crippen LogP contribution in [0.5, 0.6) is 0 Å². The Morgan fingerprint density at radius 2 is 1.38 bits per heavy atom. The molecule has 1 aliphatic rings. The zero-order valence-corrected chi connectivity index (χ0v) is 13.7. The number of hydrogen-bond acceptors (Lipinski definition) is 2. The number of hydrogen-bond donors (Lipinski definition) is 0. The van der Waals surface area contributed by atoms with E-state index in [-0.39, 0.29) is 0 Å². The van der Waals surface area contributed by atoms with Gasteiger partial charge in [-0.25, -0.2) is 0 Å². The van der Waals surface area contributed by atoms with Gasteiger partial charge in [0.05, 0.1) is 6.61 Å². The Labute approximate surface area is 143 Å². The van der Waals surface area contributed by atoms with Crippen LogP contribution in [0.4, 0.5) is 0 Å². The molecule has 24 heavy (non-hydrogen) atoms. The summed E-state index contributed by atoms with van der Waals surface area (Å²) in [7, 11) is 1.69. The minimum atomic E-state index is 0.602. The summed E-state index contributed by atoms with van der Waals surface area (Å²) in [6, 6.07) is 20.3. The van der Waals surface area contributed by atoms with E-state index in [1.807, 2.05) is 48.6 Å². The SMILES string of the molecule is COC/C=C/C=C1C=C(c2ccccc2)OC(c2ccccc2)=C1. The molecule has 0 atom stereocenters. The van der Waals surface area contributed by atoms with Crippen LogP contribution < -0.4 is 0 Å².